The molecule has 0 bridgehead atoms. The first-order chi connectivity index (χ1) is 11.1. The Morgan fingerprint density at radius 2 is 2.13 bits per heavy atom. The van der Waals surface area contributed by atoms with E-state index in [1.807, 2.05) is 31.2 Å². The van der Waals surface area contributed by atoms with Gasteiger partial charge in [0.2, 0.25) is 5.91 Å². The smallest absolute Gasteiger partial charge is 0.221 e. The molecular weight excluding hydrogens is 294 g/mol. The minimum absolute atomic E-state index is 0.0388. The average molecular weight is 321 g/mol. The van der Waals surface area contributed by atoms with Crippen LogP contribution in [0.25, 0.3) is 0 Å². The first-order valence-electron chi connectivity index (χ1n) is 8.18. The molecule has 6 heteroatoms. The average Bonchev–Trinajstić information content (AvgIpc) is 2.54. The lowest BCUT2D eigenvalue weighted by Crippen LogP contribution is -2.38. The van der Waals surface area contributed by atoms with E-state index >= 15 is 0 Å². The lowest BCUT2D eigenvalue weighted by Gasteiger charge is -2.26. The van der Waals surface area contributed by atoms with Gasteiger partial charge in [-0.05, 0) is 13.0 Å². The topological polar surface area (TPSA) is 76.8 Å². The molecule has 2 rings (SSSR count). The first kappa shape index (κ1) is 17.7. The van der Waals surface area contributed by atoms with Crippen molar-refractivity contribution in [3.8, 4) is 5.75 Å². The van der Waals surface area contributed by atoms with Crippen LogP contribution >= 0.6 is 0 Å². The zero-order valence-corrected chi connectivity index (χ0v) is 13.8. The van der Waals surface area contributed by atoms with E-state index in [0.29, 0.717) is 19.6 Å². The van der Waals surface area contributed by atoms with Gasteiger partial charge in [0.25, 0.3) is 0 Å². The maximum absolute atomic E-state index is 11.7. The van der Waals surface area contributed by atoms with Crippen molar-refractivity contribution in [2.75, 3.05) is 39.5 Å². The second kappa shape index (κ2) is 9.50. The van der Waals surface area contributed by atoms with Crippen molar-refractivity contribution in [2.45, 2.75) is 25.9 Å². The van der Waals surface area contributed by atoms with E-state index in [2.05, 4.69) is 10.2 Å². The molecule has 0 aromatic heterocycles. The first-order valence-corrected chi connectivity index (χ1v) is 8.18. The van der Waals surface area contributed by atoms with E-state index in [1.165, 1.54) is 0 Å². The van der Waals surface area contributed by atoms with Gasteiger partial charge in [-0.2, -0.15) is 0 Å². The highest BCUT2D eigenvalue weighted by Crippen LogP contribution is 2.17. The lowest BCUT2D eigenvalue weighted by atomic mass is 10.2. The minimum atomic E-state index is -0.130. The van der Waals surface area contributed by atoms with E-state index < -0.39 is 0 Å². The van der Waals surface area contributed by atoms with E-state index in [4.69, 9.17) is 15.2 Å². The maximum atomic E-state index is 11.7. The van der Waals surface area contributed by atoms with Crippen LogP contribution in [0.4, 0.5) is 0 Å². The van der Waals surface area contributed by atoms with Crippen molar-refractivity contribution in [2.24, 2.45) is 5.73 Å². The fraction of sp³-hybridized carbons (Fsp3) is 0.588. The molecule has 1 saturated heterocycles. The summed E-state index contributed by atoms with van der Waals surface area (Å²) in [7, 11) is 0. The Morgan fingerprint density at radius 3 is 2.87 bits per heavy atom. The number of nitrogens with zero attached hydrogens (tertiary/aromatic N) is 1. The molecule has 1 heterocycles. The molecule has 1 aliphatic rings. The molecule has 1 atom stereocenters. The Labute approximate surface area is 137 Å². The monoisotopic (exact) mass is 321 g/mol. The van der Waals surface area contributed by atoms with Gasteiger partial charge in [0.05, 0.1) is 13.2 Å². The third kappa shape index (κ3) is 6.56. The number of nitrogens with two attached hydrogens (primary N) is 1. The molecule has 3 N–H and O–H groups in total. The van der Waals surface area contributed by atoms with Crippen LogP contribution in [-0.2, 0) is 16.1 Å². The van der Waals surface area contributed by atoms with Crippen molar-refractivity contribution >= 4 is 5.91 Å². The van der Waals surface area contributed by atoms with Gasteiger partial charge in [0.15, 0.2) is 0 Å². The molecule has 0 saturated carbocycles. The van der Waals surface area contributed by atoms with Crippen LogP contribution in [0.15, 0.2) is 24.3 Å². The number of rotatable bonds is 8. The molecular formula is C17H27N3O3. The van der Waals surface area contributed by atoms with E-state index in [0.717, 1.165) is 44.2 Å². The summed E-state index contributed by atoms with van der Waals surface area (Å²) in [6.45, 7) is 7.29. The molecule has 0 aliphatic carbocycles. The van der Waals surface area contributed by atoms with Gasteiger partial charge in [-0.1, -0.05) is 18.2 Å². The van der Waals surface area contributed by atoms with Crippen molar-refractivity contribution < 1.29 is 14.3 Å². The number of carbonyl (C=O) groups excluding carboxylic acids is 1. The summed E-state index contributed by atoms with van der Waals surface area (Å²) >= 11 is 0. The molecule has 6 nitrogen and oxygen atoms in total. The Morgan fingerprint density at radius 1 is 1.39 bits per heavy atom. The summed E-state index contributed by atoms with van der Waals surface area (Å²) in [4.78, 5) is 14.0. The van der Waals surface area contributed by atoms with Crippen molar-refractivity contribution in [3.63, 3.8) is 0 Å². The quantitative estimate of drug-likeness (QED) is 0.739. The molecule has 1 unspecified atom stereocenters. The summed E-state index contributed by atoms with van der Waals surface area (Å²) in [5, 5.41) is 2.88. The SMILES string of the molecule is CC(N)CC(=O)NCc1ccccc1OCCN1CCOCC1. The predicted octanol–water partition coefficient (Wildman–Crippen LogP) is 0.751. The van der Waals surface area contributed by atoms with Crippen molar-refractivity contribution in [1.29, 1.82) is 0 Å². The van der Waals surface area contributed by atoms with Gasteiger partial charge >= 0.3 is 0 Å². The summed E-state index contributed by atoms with van der Waals surface area (Å²) in [6.07, 6.45) is 0.333. The van der Waals surface area contributed by atoms with E-state index in [-0.39, 0.29) is 11.9 Å². The van der Waals surface area contributed by atoms with Crippen LogP contribution in [0.3, 0.4) is 0 Å². The van der Waals surface area contributed by atoms with Crippen LogP contribution in [0, 0.1) is 0 Å². The van der Waals surface area contributed by atoms with E-state index in [1.54, 1.807) is 0 Å². The Hall–Kier alpha value is -1.63. The summed E-state index contributed by atoms with van der Waals surface area (Å²) in [5.74, 6) is 0.782. The minimum Gasteiger partial charge on any atom is -0.492 e. The second-order valence-electron chi connectivity index (χ2n) is 5.87. The number of amides is 1. The Balaban J connectivity index is 1.78. The number of morpholine rings is 1. The highest BCUT2D eigenvalue weighted by atomic mass is 16.5. The molecule has 23 heavy (non-hydrogen) atoms. The molecule has 0 radical (unpaired) electrons. The van der Waals surface area contributed by atoms with Crippen LogP contribution in [0.1, 0.15) is 18.9 Å². The standard InChI is InChI=1S/C17H27N3O3/c1-14(18)12-17(21)19-13-15-4-2-3-5-16(15)23-11-8-20-6-9-22-10-7-20/h2-5,14H,6-13,18H2,1H3,(H,19,21). The zero-order chi connectivity index (χ0) is 16.5. The van der Waals surface area contributed by atoms with Crippen LogP contribution in [-0.4, -0.2) is 56.3 Å². The van der Waals surface area contributed by atoms with Gasteiger partial charge in [0.1, 0.15) is 12.4 Å². The van der Waals surface area contributed by atoms with Gasteiger partial charge in [-0.25, -0.2) is 0 Å². The zero-order valence-electron chi connectivity index (χ0n) is 13.8. The molecule has 1 amide bonds. The normalized spacial score (nSPS) is 16.8. The number of hydrogen-bond acceptors (Lipinski definition) is 5. The third-order valence-corrected chi connectivity index (χ3v) is 3.72. The molecule has 128 valence electrons. The molecule has 0 spiro atoms. The number of nitrogens with one attached hydrogen (secondary N) is 1. The number of benzene rings is 1. The largest absolute Gasteiger partial charge is 0.492 e. The number of carbonyl (C=O) groups is 1. The maximum Gasteiger partial charge on any atom is 0.221 e. The number of ether oxygens (including phenoxy) is 2. The highest BCUT2D eigenvalue weighted by Gasteiger charge is 2.11. The summed E-state index contributed by atoms with van der Waals surface area (Å²) < 4.78 is 11.2. The fourth-order valence-corrected chi connectivity index (χ4v) is 2.46. The van der Waals surface area contributed by atoms with Crippen LogP contribution in [0.5, 0.6) is 5.75 Å². The van der Waals surface area contributed by atoms with Gasteiger partial charge < -0.3 is 20.5 Å². The highest BCUT2D eigenvalue weighted by molar-refractivity contribution is 5.76. The van der Waals surface area contributed by atoms with Crippen LogP contribution in [0.2, 0.25) is 0 Å². The van der Waals surface area contributed by atoms with Gasteiger partial charge in [0, 0.05) is 44.2 Å². The predicted molar refractivity (Wildman–Crippen MR) is 89.3 cm³/mol. The van der Waals surface area contributed by atoms with Crippen molar-refractivity contribution in [3.05, 3.63) is 29.8 Å². The molecule has 1 aromatic carbocycles. The molecule has 1 aromatic rings. The Bertz CT molecular complexity index is 488. The fourth-order valence-electron chi connectivity index (χ4n) is 2.46. The van der Waals surface area contributed by atoms with Crippen LogP contribution < -0.4 is 15.8 Å². The number of hydrogen-bond donors (Lipinski definition) is 2. The molecule has 1 fully saturated rings. The lowest BCUT2D eigenvalue weighted by molar-refractivity contribution is -0.121. The second-order valence-corrected chi connectivity index (χ2v) is 5.87. The number of para-hydroxylation sites is 1. The van der Waals surface area contributed by atoms with Gasteiger partial charge in [-0.15, -0.1) is 0 Å². The third-order valence-electron chi connectivity index (χ3n) is 3.72. The van der Waals surface area contributed by atoms with Gasteiger partial charge in [-0.3, -0.25) is 9.69 Å². The summed E-state index contributed by atoms with van der Waals surface area (Å²) in [5.41, 5.74) is 6.61. The van der Waals surface area contributed by atoms with E-state index in [9.17, 15) is 4.79 Å². The summed E-state index contributed by atoms with van der Waals surface area (Å²) in [6, 6.07) is 7.66. The van der Waals surface area contributed by atoms with Crippen molar-refractivity contribution in [1.82, 2.24) is 10.2 Å². The Kier molecular flexibility index (Phi) is 7.32. The molecule has 1 aliphatic heterocycles.